The summed E-state index contributed by atoms with van der Waals surface area (Å²) in [6, 6.07) is 9.99. The van der Waals surface area contributed by atoms with Crippen LogP contribution in [0.25, 0.3) is 5.69 Å². The second-order valence-corrected chi connectivity index (χ2v) is 9.53. The quantitative estimate of drug-likeness (QED) is 0.598. The fraction of sp³-hybridized carbons (Fsp3) is 0.542. The van der Waals surface area contributed by atoms with Gasteiger partial charge in [0.25, 0.3) is 0 Å². The van der Waals surface area contributed by atoms with Gasteiger partial charge in [-0.25, -0.2) is 9.59 Å². The third kappa shape index (κ3) is 4.66. The number of anilines is 1. The number of aromatic nitrogens is 2. The first-order valence-electron chi connectivity index (χ1n) is 11.9. The lowest BCUT2D eigenvalue weighted by Gasteiger charge is -2.27. The highest BCUT2D eigenvalue weighted by atomic mass is 16.2. The fourth-order valence-electron chi connectivity index (χ4n) is 5.38. The van der Waals surface area contributed by atoms with E-state index in [1.165, 1.54) is 23.2 Å². The van der Waals surface area contributed by atoms with E-state index < -0.39 is 5.69 Å². The zero-order chi connectivity index (χ0) is 22.9. The first kappa shape index (κ1) is 22.1. The zero-order valence-electron chi connectivity index (χ0n) is 19.1. The Balaban J connectivity index is 1.18. The smallest absolute Gasteiger partial charge is 0.330 e. The molecular weight excluding hydrogens is 418 g/mol. The highest BCUT2D eigenvalue weighted by Crippen LogP contribution is 2.51. The van der Waals surface area contributed by atoms with E-state index in [9.17, 15) is 9.59 Å². The van der Waals surface area contributed by atoms with Crippen molar-refractivity contribution in [3.63, 3.8) is 0 Å². The van der Waals surface area contributed by atoms with E-state index in [0.717, 1.165) is 49.5 Å². The Morgan fingerprint density at radius 1 is 1.18 bits per heavy atom. The van der Waals surface area contributed by atoms with Gasteiger partial charge in [0.05, 0.1) is 5.69 Å². The van der Waals surface area contributed by atoms with E-state index in [4.69, 9.17) is 5.73 Å². The Hall–Kier alpha value is -2.75. The molecule has 9 heteroatoms. The number of likely N-dealkylation sites (tertiary alicyclic amines) is 1. The summed E-state index contributed by atoms with van der Waals surface area (Å²) < 4.78 is 1.49. The van der Waals surface area contributed by atoms with Gasteiger partial charge in [0.15, 0.2) is 0 Å². The van der Waals surface area contributed by atoms with Gasteiger partial charge in [-0.1, -0.05) is 12.1 Å². The standard InChI is InChI=1S/C24H33N7O2/c1-16(30-14-20-19(13-25)21(20)15-30)12-17-2-4-18(5-3-17)31-9-6-22(28-24(31)33)27-23(32)29-10-7-26-8-11-29/h2-6,9,16,19-21,26H,7-8,10-15,25H2,1H3,(H,27,28,32,33). The molecule has 1 saturated carbocycles. The third-order valence-corrected chi connectivity index (χ3v) is 7.48. The lowest BCUT2D eigenvalue weighted by Crippen LogP contribution is -2.48. The van der Waals surface area contributed by atoms with Gasteiger partial charge >= 0.3 is 11.7 Å². The number of amides is 2. The number of nitrogens with two attached hydrogens (primary N) is 1. The topological polar surface area (TPSA) is 109 Å². The molecule has 5 rings (SSSR count). The molecule has 9 nitrogen and oxygen atoms in total. The van der Waals surface area contributed by atoms with Crippen LogP contribution in [-0.2, 0) is 6.42 Å². The summed E-state index contributed by atoms with van der Waals surface area (Å²) in [5.41, 5.74) is 7.43. The van der Waals surface area contributed by atoms with Gasteiger partial charge in [0.1, 0.15) is 5.82 Å². The molecule has 0 radical (unpaired) electrons. The van der Waals surface area contributed by atoms with Crippen LogP contribution >= 0.6 is 0 Å². The van der Waals surface area contributed by atoms with Crippen LogP contribution < -0.4 is 22.1 Å². The van der Waals surface area contributed by atoms with Crippen molar-refractivity contribution in [2.24, 2.45) is 23.5 Å². The minimum absolute atomic E-state index is 0.228. The van der Waals surface area contributed by atoms with Crippen LogP contribution in [0.4, 0.5) is 10.6 Å². The number of rotatable bonds is 6. The van der Waals surface area contributed by atoms with Crippen LogP contribution in [0.3, 0.4) is 0 Å². The number of piperidine rings is 1. The summed E-state index contributed by atoms with van der Waals surface area (Å²) in [7, 11) is 0. The van der Waals surface area contributed by atoms with Gasteiger partial charge in [0.2, 0.25) is 0 Å². The fourth-order valence-corrected chi connectivity index (χ4v) is 5.38. The molecule has 3 unspecified atom stereocenters. The molecule has 2 saturated heterocycles. The monoisotopic (exact) mass is 451 g/mol. The Labute approximate surface area is 194 Å². The maximum absolute atomic E-state index is 12.6. The van der Waals surface area contributed by atoms with Crippen LogP contribution in [0.2, 0.25) is 0 Å². The van der Waals surface area contributed by atoms with Crippen molar-refractivity contribution < 1.29 is 4.79 Å². The average Bonchev–Trinajstić information content (AvgIpc) is 3.30. The summed E-state index contributed by atoms with van der Waals surface area (Å²) >= 11 is 0. The molecule has 3 atom stereocenters. The minimum Gasteiger partial charge on any atom is -0.330 e. The highest BCUT2D eigenvalue weighted by Gasteiger charge is 2.54. The number of urea groups is 1. The molecule has 3 fully saturated rings. The van der Waals surface area contributed by atoms with Gasteiger partial charge in [0, 0.05) is 51.5 Å². The van der Waals surface area contributed by atoms with E-state index in [1.807, 2.05) is 12.1 Å². The van der Waals surface area contributed by atoms with Crippen molar-refractivity contribution in [2.45, 2.75) is 19.4 Å². The van der Waals surface area contributed by atoms with Crippen LogP contribution in [0.15, 0.2) is 41.3 Å². The maximum atomic E-state index is 12.6. The molecule has 2 amide bonds. The third-order valence-electron chi connectivity index (χ3n) is 7.48. The summed E-state index contributed by atoms with van der Waals surface area (Å²) in [6.45, 7) is 8.28. The molecule has 4 N–H and O–H groups in total. The number of benzene rings is 1. The molecule has 1 aromatic heterocycles. The largest absolute Gasteiger partial charge is 0.354 e. The van der Waals surface area contributed by atoms with Crippen LogP contribution in [0.5, 0.6) is 0 Å². The van der Waals surface area contributed by atoms with Crippen molar-refractivity contribution in [3.05, 3.63) is 52.6 Å². The summed E-state index contributed by atoms with van der Waals surface area (Å²) in [5, 5.41) is 5.93. The number of nitrogens with one attached hydrogen (secondary N) is 2. The van der Waals surface area contributed by atoms with Crippen molar-refractivity contribution >= 4 is 11.8 Å². The van der Waals surface area contributed by atoms with Gasteiger partial charge < -0.3 is 16.0 Å². The molecule has 33 heavy (non-hydrogen) atoms. The minimum atomic E-state index is -0.417. The zero-order valence-corrected chi connectivity index (χ0v) is 19.1. The number of nitrogens with zero attached hydrogens (tertiary/aromatic N) is 4. The molecule has 0 spiro atoms. The average molecular weight is 452 g/mol. The van der Waals surface area contributed by atoms with Gasteiger partial charge in [-0.3, -0.25) is 14.8 Å². The van der Waals surface area contributed by atoms with Crippen molar-refractivity contribution in [1.29, 1.82) is 0 Å². The number of carbonyl (C=O) groups is 1. The summed E-state index contributed by atoms with van der Waals surface area (Å²) in [6.07, 6.45) is 2.64. The lowest BCUT2D eigenvalue weighted by atomic mass is 10.0. The lowest BCUT2D eigenvalue weighted by molar-refractivity contribution is 0.204. The van der Waals surface area contributed by atoms with E-state index in [0.29, 0.717) is 19.1 Å². The highest BCUT2D eigenvalue weighted by molar-refractivity contribution is 5.88. The normalized spacial score (nSPS) is 25.5. The van der Waals surface area contributed by atoms with Crippen LogP contribution in [-0.4, -0.2) is 77.2 Å². The molecule has 3 aliphatic rings. The molecule has 1 aromatic carbocycles. The van der Waals surface area contributed by atoms with E-state index in [2.05, 4.69) is 39.6 Å². The maximum Gasteiger partial charge on any atom is 0.354 e. The predicted molar refractivity (Wildman–Crippen MR) is 128 cm³/mol. The summed E-state index contributed by atoms with van der Waals surface area (Å²) in [4.78, 5) is 33.3. The second kappa shape index (κ2) is 9.24. The summed E-state index contributed by atoms with van der Waals surface area (Å²) in [5.74, 6) is 2.64. The first-order chi connectivity index (χ1) is 16.0. The SMILES string of the molecule is CC(Cc1ccc(-n2ccc(NC(=O)N3CCNCC3)nc2=O)cc1)N1CC2C(CN)C2C1. The second-order valence-electron chi connectivity index (χ2n) is 9.53. The van der Waals surface area contributed by atoms with Gasteiger partial charge in [-0.05, 0) is 61.4 Å². The molecule has 2 aromatic rings. The number of hydrogen-bond acceptors (Lipinski definition) is 6. The van der Waals surface area contributed by atoms with Crippen LogP contribution in [0.1, 0.15) is 12.5 Å². The van der Waals surface area contributed by atoms with E-state index in [1.54, 1.807) is 17.2 Å². The van der Waals surface area contributed by atoms with Crippen molar-refractivity contribution in [1.82, 2.24) is 24.7 Å². The number of fused-ring (bicyclic) bond motifs is 1. The molecular formula is C24H33N7O2. The van der Waals surface area contributed by atoms with Gasteiger partial charge in [-0.2, -0.15) is 4.98 Å². The molecule has 1 aliphatic carbocycles. The predicted octanol–water partition coefficient (Wildman–Crippen LogP) is 0.737. The molecule has 3 heterocycles. The van der Waals surface area contributed by atoms with E-state index in [-0.39, 0.29) is 11.8 Å². The van der Waals surface area contributed by atoms with Crippen LogP contribution in [0, 0.1) is 17.8 Å². The van der Waals surface area contributed by atoms with E-state index >= 15 is 0 Å². The molecule has 176 valence electrons. The van der Waals surface area contributed by atoms with Gasteiger partial charge in [-0.15, -0.1) is 0 Å². The van der Waals surface area contributed by atoms with Crippen molar-refractivity contribution in [3.8, 4) is 5.69 Å². The number of hydrogen-bond donors (Lipinski definition) is 3. The Bertz CT molecular complexity index is 1040. The Morgan fingerprint density at radius 3 is 2.52 bits per heavy atom. The molecule has 0 bridgehead atoms. The van der Waals surface area contributed by atoms with Crippen molar-refractivity contribution in [2.75, 3.05) is 51.1 Å². The Morgan fingerprint density at radius 2 is 1.88 bits per heavy atom. The first-order valence-corrected chi connectivity index (χ1v) is 11.9. The molecule has 2 aliphatic heterocycles. The number of carbonyl (C=O) groups excluding carboxylic acids is 1. The number of piperazine rings is 1. The Kier molecular flexibility index (Phi) is 6.18.